The van der Waals surface area contributed by atoms with Crippen molar-refractivity contribution in [2.45, 2.75) is 26.1 Å². The maximum Gasteiger partial charge on any atom is 0.490 e. The van der Waals surface area contributed by atoms with Crippen LogP contribution in [0.25, 0.3) is 22.4 Å². The van der Waals surface area contributed by atoms with Crippen molar-refractivity contribution in [3.8, 4) is 11.4 Å². The number of thiophene rings is 1. The number of carbonyl (C=O) groups is 2. The molecule has 0 aliphatic heterocycles. The molecule has 2 aromatic heterocycles. The molecule has 40 heavy (non-hydrogen) atoms. The molecule has 3 aromatic carbocycles. The molecule has 0 atom stereocenters. The van der Waals surface area contributed by atoms with Crippen LogP contribution in [-0.4, -0.2) is 39.3 Å². The number of amides is 1. The summed E-state index contributed by atoms with van der Waals surface area (Å²) < 4.78 is 34.0. The molecule has 0 radical (unpaired) electrons. The molecule has 0 aliphatic rings. The van der Waals surface area contributed by atoms with Crippen LogP contribution in [0.5, 0.6) is 0 Å². The molecule has 0 saturated heterocycles. The van der Waals surface area contributed by atoms with Gasteiger partial charge < -0.3 is 15.0 Å². The van der Waals surface area contributed by atoms with Crippen LogP contribution in [0.4, 0.5) is 13.2 Å². The Morgan fingerprint density at radius 1 is 0.975 bits per heavy atom. The molecular weight excluding hydrogens is 539 g/mol. The SMILES string of the molecule is Cc1ccsc1CCNC(=O)c1cccc(-c2nc3ccccc3n2Cc2ccccc2)c1.O=C(O)C(F)(F)F. The van der Waals surface area contributed by atoms with Gasteiger partial charge in [0.1, 0.15) is 5.82 Å². The van der Waals surface area contributed by atoms with E-state index in [1.165, 1.54) is 16.0 Å². The predicted octanol–water partition coefficient (Wildman–Crippen LogP) is 6.73. The van der Waals surface area contributed by atoms with Crippen molar-refractivity contribution < 1.29 is 27.9 Å². The molecular formula is C30H26F3N3O3S. The summed E-state index contributed by atoms with van der Waals surface area (Å²) in [5.74, 6) is -1.95. The number of aryl methyl sites for hydroxylation is 1. The second kappa shape index (κ2) is 12.6. The Balaban J connectivity index is 0.000000470. The van der Waals surface area contributed by atoms with Gasteiger partial charge in [0.05, 0.1) is 11.0 Å². The maximum absolute atomic E-state index is 12.9. The highest BCUT2D eigenvalue weighted by Gasteiger charge is 2.38. The van der Waals surface area contributed by atoms with Crippen molar-refractivity contribution in [2.24, 2.45) is 0 Å². The van der Waals surface area contributed by atoms with Crippen molar-refractivity contribution in [1.82, 2.24) is 14.9 Å². The van der Waals surface area contributed by atoms with Crippen LogP contribution in [0.1, 0.15) is 26.4 Å². The minimum atomic E-state index is -5.08. The highest BCUT2D eigenvalue weighted by atomic mass is 32.1. The first-order valence-corrected chi connectivity index (χ1v) is 13.2. The van der Waals surface area contributed by atoms with Gasteiger partial charge in [0, 0.05) is 29.1 Å². The van der Waals surface area contributed by atoms with Gasteiger partial charge in [-0.25, -0.2) is 9.78 Å². The highest BCUT2D eigenvalue weighted by Crippen LogP contribution is 2.27. The zero-order valence-corrected chi connectivity index (χ0v) is 22.3. The first kappa shape index (κ1) is 28.6. The average Bonchev–Trinajstić information content (AvgIpc) is 3.52. The molecule has 1 amide bonds. The van der Waals surface area contributed by atoms with Crippen LogP contribution < -0.4 is 5.32 Å². The molecule has 0 aliphatic carbocycles. The molecule has 6 nitrogen and oxygen atoms in total. The third-order valence-electron chi connectivity index (χ3n) is 6.07. The maximum atomic E-state index is 12.9. The number of aliphatic carboxylic acids is 1. The normalized spacial score (nSPS) is 11.1. The summed E-state index contributed by atoms with van der Waals surface area (Å²) in [7, 11) is 0. The number of nitrogens with zero attached hydrogens (tertiary/aromatic N) is 2. The number of benzene rings is 3. The smallest absolute Gasteiger partial charge is 0.475 e. The third-order valence-corrected chi connectivity index (χ3v) is 7.15. The van der Waals surface area contributed by atoms with Crippen molar-refractivity contribution in [2.75, 3.05) is 6.54 Å². The Morgan fingerprint density at radius 3 is 2.35 bits per heavy atom. The van der Waals surface area contributed by atoms with E-state index in [0.717, 1.165) is 28.8 Å². The van der Waals surface area contributed by atoms with Crippen molar-refractivity contribution >= 4 is 34.2 Å². The molecule has 0 spiro atoms. The summed E-state index contributed by atoms with van der Waals surface area (Å²) in [5, 5.41) is 12.3. The number of carbonyl (C=O) groups excluding carboxylic acids is 1. The Bertz CT molecular complexity index is 1610. The zero-order chi connectivity index (χ0) is 28.7. The monoisotopic (exact) mass is 565 g/mol. The molecule has 10 heteroatoms. The molecule has 2 N–H and O–H groups in total. The van der Waals surface area contributed by atoms with Gasteiger partial charge in [-0.2, -0.15) is 13.2 Å². The molecule has 0 saturated carbocycles. The molecule has 206 valence electrons. The molecule has 5 aromatic rings. The van der Waals surface area contributed by atoms with Crippen LogP contribution in [0.3, 0.4) is 0 Å². The van der Waals surface area contributed by atoms with E-state index in [-0.39, 0.29) is 5.91 Å². The summed E-state index contributed by atoms with van der Waals surface area (Å²) in [4.78, 5) is 28.0. The number of nitrogens with one attached hydrogen (secondary N) is 1. The largest absolute Gasteiger partial charge is 0.490 e. The van der Waals surface area contributed by atoms with Crippen LogP contribution in [-0.2, 0) is 17.8 Å². The van der Waals surface area contributed by atoms with Crippen LogP contribution in [0.15, 0.2) is 90.3 Å². The number of hydrogen-bond acceptors (Lipinski definition) is 4. The Kier molecular flexibility index (Phi) is 9.00. The van der Waals surface area contributed by atoms with E-state index in [4.69, 9.17) is 14.9 Å². The van der Waals surface area contributed by atoms with E-state index in [0.29, 0.717) is 18.7 Å². The van der Waals surface area contributed by atoms with E-state index in [1.54, 1.807) is 11.3 Å². The van der Waals surface area contributed by atoms with E-state index in [1.807, 2.05) is 48.5 Å². The fourth-order valence-corrected chi connectivity index (χ4v) is 4.98. The van der Waals surface area contributed by atoms with E-state index >= 15 is 0 Å². The van der Waals surface area contributed by atoms with Gasteiger partial charge in [-0.15, -0.1) is 11.3 Å². The van der Waals surface area contributed by atoms with Gasteiger partial charge in [-0.3, -0.25) is 4.79 Å². The lowest BCUT2D eigenvalue weighted by Crippen LogP contribution is -2.25. The number of alkyl halides is 3. The Morgan fingerprint density at radius 2 is 1.68 bits per heavy atom. The summed E-state index contributed by atoms with van der Waals surface area (Å²) >= 11 is 1.74. The van der Waals surface area contributed by atoms with Crippen LogP contribution in [0.2, 0.25) is 0 Å². The number of carboxylic acids is 1. The number of fused-ring (bicyclic) bond motifs is 1. The predicted molar refractivity (Wildman–Crippen MR) is 149 cm³/mol. The number of halogens is 3. The van der Waals surface area contributed by atoms with Gasteiger partial charge in [0.15, 0.2) is 0 Å². The lowest BCUT2D eigenvalue weighted by Gasteiger charge is -2.11. The molecule has 5 rings (SSSR count). The second-order valence-corrected chi connectivity index (χ2v) is 9.91. The van der Waals surface area contributed by atoms with Crippen LogP contribution in [0, 0.1) is 6.92 Å². The van der Waals surface area contributed by atoms with Crippen LogP contribution >= 0.6 is 11.3 Å². The minimum Gasteiger partial charge on any atom is -0.475 e. The van der Waals surface area contributed by atoms with E-state index < -0.39 is 12.1 Å². The number of rotatable bonds is 7. The average molecular weight is 566 g/mol. The van der Waals surface area contributed by atoms with Gasteiger partial charge in [-0.1, -0.05) is 54.6 Å². The minimum absolute atomic E-state index is 0.0585. The van der Waals surface area contributed by atoms with E-state index in [2.05, 4.69) is 58.6 Å². The number of para-hydroxylation sites is 2. The van der Waals surface area contributed by atoms with Gasteiger partial charge in [-0.05, 0) is 60.2 Å². The second-order valence-electron chi connectivity index (χ2n) is 8.91. The lowest BCUT2D eigenvalue weighted by atomic mass is 10.1. The third kappa shape index (κ3) is 7.15. The number of hydrogen-bond donors (Lipinski definition) is 2. The fraction of sp³-hybridized carbons (Fsp3) is 0.167. The first-order chi connectivity index (χ1) is 19.1. The van der Waals surface area contributed by atoms with Gasteiger partial charge >= 0.3 is 12.1 Å². The molecule has 0 fully saturated rings. The lowest BCUT2D eigenvalue weighted by molar-refractivity contribution is -0.192. The zero-order valence-electron chi connectivity index (χ0n) is 21.5. The Hall–Kier alpha value is -4.44. The number of aromatic nitrogens is 2. The summed E-state index contributed by atoms with van der Waals surface area (Å²) in [6, 6.07) is 28.4. The topological polar surface area (TPSA) is 84.2 Å². The molecule has 0 unspecified atom stereocenters. The Labute approximate surface area is 232 Å². The van der Waals surface area contributed by atoms with E-state index in [9.17, 15) is 18.0 Å². The van der Waals surface area contributed by atoms with Crippen molar-refractivity contribution in [1.29, 1.82) is 0 Å². The standard InChI is InChI=1S/C28H25N3OS.C2HF3O2/c1-20-15-17-33-26(20)14-16-29-28(32)23-11-7-10-22(18-23)27-30-24-12-5-6-13-25(24)31(27)19-21-8-3-2-4-9-21;3-2(4,5)1(6)7/h2-13,15,17-18H,14,16,19H2,1H3,(H,29,32);(H,6,7). The molecule has 0 bridgehead atoms. The highest BCUT2D eigenvalue weighted by molar-refractivity contribution is 7.10. The van der Waals surface area contributed by atoms with Crippen molar-refractivity contribution in [3.05, 3.63) is 112 Å². The van der Waals surface area contributed by atoms with Crippen molar-refractivity contribution in [3.63, 3.8) is 0 Å². The summed E-state index contributed by atoms with van der Waals surface area (Å²) in [6.07, 6.45) is -4.23. The number of carboxylic acid groups (broad SMARTS) is 1. The van der Waals surface area contributed by atoms with Gasteiger partial charge in [0.25, 0.3) is 5.91 Å². The summed E-state index contributed by atoms with van der Waals surface area (Å²) in [6.45, 7) is 3.45. The fourth-order valence-electron chi connectivity index (χ4n) is 4.07. The quantitative estimate of drug-likeness (QED) is 0.229. The number of imidazole rings is 1. The molecule has 2 heterocycles. The summed E-state index contributed by atoms with van der Waals surface area (Å²) in [5.41, 5.74) is 6.10. The first-order valence-electron chi connectivity index (χ1n) is 12.3. The van der Waals surface area contributed by atoms with Gasteiger partial charge in [0.2, 0.25) is 0 Å².